The molecule has 2 aromatic carbocycles. The second-order valence-corrected chi connectivity index (χ2v) is 7.32. The fourth-order valence-corrected chi connectivity index (χ4v) is 3.11. The normalized spacial score (nSPS) is 12.0. The Morgan fingerprint density at radius 2 is 1.63 bits per heavy atom. The number of carbonyl (C=O) groups is 1. The molecule has 0 saturated heterocycles. The van der Waals surface area contributed by atoms with Crippen LogP contribution in [0.15, 0.2) is 53.4 Å². The Labute approximate surface area is 154 Å². The van der Waals surface area contributed by atoms with Crippen LogP contribution in [0.5, 0.6) is 0 Å². The summed E-state index contributed by atoms with van der Waals surface area (Å²) in [5.74, 6) is -0.412. The number of hydrogen-bond donors (Lipinski definition) is 2. The van der Waals surface area contributed by atoms with Gasteiger partial charge in [0.2, 0.25) is 10.0 Å². The zero-order valence-electron chi connectivity index (χ0n) is 14.2. The maximum Gasteiger partial charge on any atom is 0.402 e. The number of methoxy groups -OCH3 is 1. The predicted molar refractivity (Wildman–Crippen MR) is 92.8 cm³/mol. The molecule has 0 atom stereocenters. The van der Waals surface area contributed by atoms with E-state index in [-0.39, 0.29) is 4.90 Å². The molecule has 0 saturated carbocycles. The van der Waals surface area contributed by atoms with Crippen LogP contribution in [0.4, 0.5) is 18.9 Å². The Morgan fingerprint density at radius 3 is 2.15 bits per heavy atom. The Kier molecular flexibility index (Phi) is 6.58. The van der Waals surface area contributed by atoms with Gasteiger partial charge >= 0.3 is 6.18 Å². The molecule has 0 aliphatic heterocycles. The largest absolute Gasteiger partial charge is 0.402 e. The van der Waals surface area contributed by atoms with E-state index < -0.39 is 28.7 Å². The lowest BCUT2D eigenvalue weighted by atomic mass is 10.1. The fraction of sp³-hybridized carbons (Fsp3) is 0.235. The number of ether oxygens (including phenoxy) is 1. The number of carbonyl (C=O) groups excluding carboxylic acids is 1. The first kappa shape index (κ1) is 20.9. The fourth-order valence-electron chi connectivity index (χ4n) is 2.10. The van der Waals surface area contributed by atoms with E-state index in [1.165, 1.54) is 16.9 Å². The summed E-state index contributed by atoms with van der Waals surface area (Å²) in [7, 11) is -2.74. The number of rotatable bonds is 7. The third-order valence-corrected chi connectivity index (χ3v) is 4.83. The van der Waals surface area contributed by atoms with Crippen LogP contribution in [0.1, 0.15) is 15.9 Å². The summed E-state index contributed by atoms with van der Waals surface area (Å²) >= 11 is 0. The van der Waals surface area contributed by atoms with Gasteiger partial charge in [0.05, 0.1) is 11.5 Å². The van der Waals surface area contributed by atoms with Crippen LogP contribution in [0, 0.1) is 0 Å². The van der Waals surface area contributed by atoms with Gasteiger partial charge in [0.15, 0.2) is 0 Å². The van der Waals surface area contributed by atoms with Gasteiger partial charge in [0.1, 0.15) is 6.54 Å². The molecule has 0 aliphatic rings. The molecule has 0 fully saturated rings. The van der Waals surface area contributed by atoms with Crippen LogP contribution >= 0.6 is 0 Å². The second-order valence-electron chi connectivity index (χ2n) is 5.55. The van der Waals surface area contributed by atoms with Crippen LogP contribution in [0.3, 0.4) is 0 Å². The minimum Gasteiger partial charge on any atom is -0.380 e. The highest BCUT2D eigenvalue weighted by Crippen LogP contribution is 2.18. The zero-order valence-corrected chi connectivity index (χ0v) is 15.0. The van der Waals surface area contributed by atoms with Gasteiger partial charge in [-0.05, 0) is 42.0 Å². The van der Waals surface area contributed by atoms with Crippen molar-refractivity contribution in [1.82, 2.24) is 4.72 Å². The van der Waals surface area contributed by atoms with E-state index in [9.17, 15) is 26.4 Å². The summed E-state index contributed by atoms with van der Waals surface area (Å²) < 4.78 is 66.5. The summed E-state index contributed by atoms with van der Waals surface area (Å²) in [6.07, 6.45) is -4.65. The van der Waals surface area contributed by atoms with Gasteiger partial charge in [-0.25, -0.2) is 13.1 Å². The molecule has 0 unspecified atom stereocenters. The van der Waals surface area contributed by atoms with Crippen molar-refractivity contribution in [2.45, 2.75) is 17.7 Å². The first-order valence-corrected chi connectivity index (χ1v) is 9.15. The smallest absolute Gasteiger partial charge is 0.380 e. The first-order chi connectivity index (χ1) is 12.6. The molecule has 0 aliphatic carbocycles. The van der Waals surface area contributed by atoms with Gasteiger partial charge in [0.25, 0.3) is 5.91 Å². The van der Waals surface area contributed by atoms with E-state index in [0.717, 1.165) is 17.7 Å². The highest BCUT2D eigenvalue weighted by atomic mass is 32.2. The van der Waals surface area contributed by atoms with Crippen molar-refractivity contribution >= 4 is 21.6 Å². The number of halogens is 3. The standard InChI is InChI=1S/C17H17F3N2O4S/c1-26-10-12-2-4-13(5-3-12)16(23)22-14-6-8-15(9-7-14)27(24,25)21-11-17(18,19)20/h2-9,21H,10-11H2,1H3,(H,22,23). The zero-order chi connectivity index (χ0) is 20.1. The summed E-state index contributed by atoms with van der Waals surface area (Å²) in [5, 5.41) is 2.58. The summed E-state index contributed by atoms with van der Waals surface area (Å²) in [4.78, 5) is 11.8. The summed E-state index contributed by atoms with van der Waals surface area (Å²) in [6, 6.07) is 11.5. The number of alkyl halides is 3. The van der Waals surface area contributed by atoms with Gasteiger partial charge in [-0.3, -0.25) is 4.79 Å². The third-order valence-electron chi connectivity index (χ3n) is 3.41. The lowest BCUT2D eigenvalue weighted by molar-refractivity contribution is -0.121. The Hall–Kier alpha value is -2.43. The first-order valence-electron chi connectivity index (χ1n) is 7.66. The Balaban J connectivity index is 2.03. The van der Waals surface area contributed by atoms with E-state index in [4.69, 9.17) is 4.74 Å². The van der Waals surface area contributed by atoms with Crippen molar-refractivity contribution < 1.29 is 31.1 Å². The number of amides is 1. The average molecular weight is 402 g/mol. The number of benzene rings is 2. The molecule has 2 rings (SSSR count). The van der Waals surface area contributed by atoms with Crippen molar-refractivity contribution in [3.63, 3.8) is 0 Å². The summed E-state index contributed by atoms with van der Waals surface area (Å²) in [5.41, 5.74) is 1.59. The molecule has 146 valence electrons. The highest BCUT2D eigenvalue weighted by molar-refractivity contribution is 7.89. The quantitative estimate of drug-likeness (QED) is 0.746. The van der Waals surface area contributed by atoms with Crippen molar-refractivity contribution in [2.24, 2.45) is 0 Å². The Bertz CT molecular complexity index is 880. The molecule has 0 aromatic heterocycles. The molecule has 2 N–H and O–H groups in total. The maximum absolute atomic E-state index is 12.2. The van der Waals surface area contributed by atoms with Crippen LogP contribution in [0.2, 0.25) is 0 Å². The molecule has 1 amide bonds. The molecular formula is C17H17F3N2O4S. The Morgan fingerprint density at radius 1 is 1.04 bits per heavy atom. The van der Waals surface area contributed by atoms with Crippen LogP contribution < -0.4 is 10.0 Å². The van der Waals surface area contributed by atoms with Crippen LogP contribution in [-0.2, 0) is 21.4 Å². The lowest BCUT2D eigenvalue weighted by Crippen LogP contribution is -2.33. The van der Waals surface area contributed by atoms with Crippen molar-refractivity contribution in [2.75, 3.05) is 19.0 Å². The second kappa shape index (κ2) is 8.51. The molecule has 6 nitrogen and oxygen atoms in total. The molecule has 27 heavy (non-hydrogen) atoms. The van der Waals surface area contributed by atoms with Crippen molar-refractivity contribution in [1.29, 1.82) is 0 Å². The number of sulfonamides is 1. The minimum absolute atomic E-state index is 0.302. The molecule has 0 bridgehead atoms. The monoisotopic (exact) mass is 402 g/mol. The summed E-state index contributed by atoms with van der Waals surface area (Å²) in [6.45, 7) is -1.24. The van der Waals surface area contributed by atoms with Crippen LogP contribution in [-0.4, -0.2) is 34.2 Å². The van der Waals surface area contributed by atoms with Gasteiger partial charge < -0.3 is 10.1 Å². The molecule has 0 heterocycles. The maximum atomic E-state index is 12.2. The predicted octanol–water partition coefficient (Wildman–Crippen LogP) is 2.93. The SMILES string of the molecule is COCc1ccc(C(=O)Nc2ccc(S(=O)(=O)NCC(F)(F)F)cc2)cc1. The number of hydrogen-bond acceptors (Lipinski definition) is 4. The molecule has 0 radical (unpaired) electrons. The van der Waals surface area contributed by atoms with Crippen LogP contribution in [0.25, 0.3) is 0 Å². The van der Waals surface area contributed by atoms with Gasteiger partial charge in [-0.15, -0.1) is 0 Å². The van der Waals surface area contributed by atoms with E-state index in [0.29, 0.717) is 17.9 Å². The van der Waals surface area contributed by atoms with Crippen molar-refractivity contribution in [3.05, 3.63) is 59.7 Å². The molecule has 10 heteroatoms. The average Bonchev–Trinajstić information content (AvgIpc) is 2.61. The van der Waals surface area contributed by atoms with Gasteiger partial charge in [-0.1, -0.05) is 12.1 Å². The van der Waals surface area contributed by atoms with E-state index >= 15 is 0 Å². The lowest BCUT2D eigenvalue weighted by Gasteiger charge is -2.10. The topological polar surface area (TPSA) is 84.5 Å². The van der Waals surface area contributed by atoms with E-state index in [2.05, 4.69) is 5.32 Å². The minimum atomic E-state index is -4.65. The molecule has 2 aromatic rings. The molecular weight excluding hydrogens is 385 g/mol. The van der Waals surface area contributed by atoms with E-state index in [1.807, 2.05) is 0 Å². The highest BCUT2D eigenvalue weighted by Gasteiger charge is 2.30. The van der Waals surface area contributed by atoms with Gasteiger partial charge in [-0.2, -0.15) is 13.2 Å². The third kappa shape index (κ3) is 6.35. The number of anilines is 1. The molecule has 0 spiro atoms. The number of nitrogens with one attached hydrogen (secondary N) is 2. The van der Waals surface area contributed by atoms with E-state index in [1.54, 1.807) is 31.4 Å². The van der Waals surface area contributed by atoms with Crippen molar-refractivity contribution in [3.8, 4) is 0 Å². The van der Waals surface area contributed by atoms with Gasteiger partial charge in [0, 0.05) is 18.4 Å².